The molecule has 1 saturated heterocycles. The van der Waals surface area contributed by atoms with Gasteiger partial charge >= 0.3 is 0 Å². The van der Waals surface area contributed by atoms with E-state index in [1.807, 2.05) is 19.2 Å². The Labute approximate surface area is 116 Å². The van der Waals surface area contributed by atoms with Gasteiger partial charge in [0.2, 0.25) is 0 Å². The molecule has 0 bridgehead atoms. The number of aromatic nitrogens is 2. The van der Waals surface area contributed by atoms with E-state index in [-0.39, 0.29) is 5.92 Å². The van der Waals surface area contributed by atoms with Crippen LogP contribution in [-0.2, 0) is 7.05 Å². The van der Waals surface area contributed by atoms with Crippen LogP contribution in [0.2, 0.25) is 0 Å². The maximum atomic E-state index is 10.9. The summed E-state index contributed by atoms with van der Waals surface area (Å²) in [6, 6.07) is 7.79. The van der Waals surface area contributed by atoms with E-state index in [0.717, 1.165) is 36.1 Å². The molecule has 0 saturated carbocycles. The lowest BCUT2D eigenvalue weighted by molar-refractivity contribution is 0.490. The molecule has 0 spiro atoms. The summed E-state index contributed by atoms with van der Waals surface area (Å²) in [7, 11) is 1.81. The van der Waals surface area contributed by atoms with Crippen molar-refractivity contribution in [2.75, 3.05) is 18.0 Å². The fourth-order valence-corrected chi connectivity index (χ4v) is 2.88. The number of aryl methyl sites for hydroxylation is 1. The van der Waals surface area contributed by atoms with Crippen LogP contribution >= 0.6 is 0 Å². The first-order chi connectivity index (χ1) is 9.74. The zero-order valence-electron chi connectivity index (χ0n) is 11.3. The SMILES string of the molecule is Cn1nc(N2CCCC(C#N)C2)c2cccc(N=O)c21. The zero-order chi connectivity index (χ0) is 14.1. The van der Waals surface area contributed by atoms with Crippen molar-refractivity contribution in [3.8, 4) is 6.07 Å². The van der Waals surface area contributed by atoms with Crippen molar-refractivity contribution >= 4 is 22.4 Å². The van der Waals surface area contributed by atoms with E-state index in [1.165, 1.54) is 0 Å². The van der Waals surface area contributed by atoms with Gasteiger partial charge in [-0.1, -0.05) is 6.07 Å². The van der Waals surface area contributed by atoms with Crippen molar-refractivity contribution < 1.29 is 0 Å². The Morgan fingerprint density at radius 2 is 2.35 bits per heavy atom. The molecule has 102 valence electrons. The molecule has 1 aliphatic heterocycles. The summed E-state index contributed by atoms with van der Waals surface area (Å²) >= 11 is 0. The standard InChI is InChI=1S/C14H15N5O/c1-18-13-11(5-2-6-12(13)17-20)14(16-18)19-7-3-4-10(8-15)9-19/h2,5-6,10H,3-4,7,9H2,1H3. The number of hydrogen-bond acceptors (Lipinski definition) is 5. The van der Waals surface area contributed by atoms with Gasteiger partial charge in [0, 0.05) is 25.5 Å². The normalized spacial score (nSPS) is 19.0. The molecule has 1 aromatic carbocycles. The summed E-state index contributed by atoms with van der Waals surface area (Å²) in [4.78, 5) is 13.0. The fourth-order valence-electron chi connectivity index (χ4n) is 2.88. The van der Waals surface area contributed by atoms with Gasteiger partial charge in [0.15, 0.2) is 5.82 Å². The summed E-state index contributed by atoms with van der Waals surface area (Å²) in [5.41, 5.74) is 1.15. The topological polar surface area (TPSA) is 74.3 Å². The lowest BCUT2D eigenvalue weighted by Crippen LogP contribution is -2.35. The second-order valence-electron chi connectivity index (χ2n) is 5.13. The molecule has 2 aromatic rings. The first kappa shape index (κ1) is 12.6. The monoisotopic (exact) mass is 269 g/mol. The van der Waals surface area contributed by atoms with Crippen LogP contribution in [0.5, 0.6) is 0 Å². The number of anilines is 1. The maximum absolute atomic E-state index is 10.9. The zero-order valence-corrected chi connectivity index (χ0v) is 11.3. The second-order valence-corrected chi connectivity index (χ2v) is 5.13. The molecule has 20 heavy (non-hydrogen) atoms. The molecule has 1 aromatic heterocycles. The number of nitriles is 1. The third-order valence-electron chi connectivity index (χ3n) is 3.83. The number of para-hydroxylation sites is 1. The van der Waals surface area contributed by atoms with Gasteiger partial charge in [-0.25, -0.2) is 0 Å². The third kappa shape index (κ3) is 1.92. The van der Waals surface area contributed by atoms with Gasteiger partial charge in [0.1, 0.15) is 5.69 Å². The molecule has 6 heteroatoms. The first-order valence-corrected chi connectivity index (χ1v) is 6.68. The first-order valence-electron chi connectivity index (χ1n) is 6.68. The Morgan fingerprint density at radius 3 is 3.10 bits per heavy atom. The number of fused-ring (bicyclic) bond motifs is 1. The van der Waals surface area contributed by atoms with E-state index in [1.54, 1.807) is 10.7 Å². The Morgan fingerprint density at radius 1 is 1.50 bits per heavy atom. The maximum Gasteiger partial charge on any atom is 0.158 e. The Kier molecular flexibility index (Phi) is 3.11. The minimum atomic E-state index is 0.0492. The molecule has 0 N–H and O–H groups in total. The number of benzene rings is 1. The molecule has 6 nitrogen and oxygen atoms in total. The van der Waals surface area contributed by atoms with Crippen LogP contribution in [0, 0.1) is 22.2 Å². The minimum absolute atomic E-state index is 0.0492. The molecule has 1 fully saturated rings. The average Bonchev–Trinajstić information content (AvgIpc) is 2.85. The summed E-state index contributed by atoms with van der Waals surface area (Å²) in [5, 5.41) is 17.6. The highest BCUT2D eigenvalue weighted by atomic mass is 16.3. The fraction of sp³-hybridized carbons (Fsp3) is 0.429. The Balaban J connectivity index is 2.09. The van der Waals surface area contributed by atoms with E-state index in [9.17, 15) is 4.91 Å². The van der Waals surface area contributed by atoms with Gasteiger partial charge < -0.3 is 4.90 Å². The van der Waals surface area contributed by atoms with Gasteiger partial charge in [-0.2, -0.15) is 10.4 Å². The molecular weight excluding hydrogens is 254 g/mol. The van der Waals surface area contributed by atoms with Gasteiger partial charge in [0.25, 0.3) is 0 Å². The van der Waals surface area contributed by atoms with Crippen molar-refractivity contribution in [3.05, 3.63) is 23.1 Å². The largest absolute Gasteiger partial charge is 0.353 e. The number of piperidine rings is 1. The molecule has 1 unspecified atom stereocenters. The van der Waals surface area contributed by atoms with Crippen LogP contribution in [0.3, 0.4) is 0 Å². The lowest BCUT2D eigenvalue weighted by Gasteiger charge is -2.29. The highest BCUT2D eigenvalue weighted by Crippen LogP contribution is 2.33. The van der Waals surface area contributed by atoms with Crippen molar-refractivity contribution in [2.45, 2.75) is 12.8 Å². The Hall–Kier alpha value is -2.42. The Bertz CT molecular complexity index is 699. The number of nitroso groups, excluding NO2 is 1. The molecule has 1 aliphatic rings. The molecular formula is C14H15N5O. The van der Waals surface area contributed by atoms with E-state index in [0.29, 0.717) is 12.2 Å². The number of rotatable bonds is 2. The van der Waals surface area contributed by atoms with Gasteiger partial charge in [0.05, 0.1) is 17.5 Å². The van der Waals surface area contributed by atoms with Crippen LogP contribution in [0.15, 0.2) is 23.4 Å². The predicted molar refractivity (Wildman–Crippen MR) is 76.7 cm³/mol. The molecule has 1 atom stereocenters. The van der Waals surface area contributed by atoms with Gasteiger partial charge in [-0.3, -0.25) is 4.68 Å². The van der Waals surface area contributed by atoms with Crippen molar-refractivity contribution in [2.24, 2.45) is 18.1 Å². The lowest BCUT2D eigenvalue weighted by atomic mass is 9.99. The van der Waals surface area contributed by atoms with E-state index >= 15 is 0 Å². The van der Waals surface area contributed by atoms with Crippen LogP contribution in [0.4, 0.5) is 11.5 Å². The van der Waals surface area contributed by atoms with Crippen molar-refractivity contribution in [1.82, 2.24) is 9.78 Å². The highest BCUT2D eigenvalue weighted by molar-refractivity contribution is 5.97. The molecule has 0 radical (unpaired) electrons. The minimum Gasteiger partial charge on any atom is -0.353 e. The predicted octanol–water partition coefficient (Wildman–Crippen LogP) is 2.71. The average molecular weight is 269 g/mol. The number of hydrogen-bond donors (Lipinski definition) is 0. The summed E-state index contributed by atoms with van der Waals surface area (Å²) in [6.45, 7) is 1.59. The third-order valence-corrected chi connectivity index (χ3v) is 3.83. The van der Waals surface area contributed by atoms with Gasteiger partial charge in [-0.05, 0) is 30.2 Å². The highest BCUT2D eigenvalue weighted by Gasteiger charge is 2.24. The van der Waals surface area contributed by atoms with Crippen molar-refractivity contribution in [1.29, 1.82) is 5.26 Å². The molecule has 0 aliphatic carbocycles. The summed E-state index contributed by atoms with van der Waals surface area (Å²) in [5.74, 6) is 0.890. The molecule has 3 rings (SSSR count). The van der Waals surface area contributed by atoms with Crippen LogP contribution in [-0.4, -0.2) is 22.9 Å². The number of nitrogens with zero attached hydrogens (tertiary/aromatic N) is 5. The second kappa shape index (κ2) is 4.93. The molecule has 2 heterocycles. The molecule has 0 amide bonds. The summed E-state index contributed by atoms with van der Waals surface area (Å²) in [6.07, 6.45) is 1.93. The van der Waals surface area contributed by atoms with Crippen molar-refractivity contribution in [3.63, 3.8) is 0 Å². The smallest absolute Gasteiger partial charge is 0.158 e. The van der Waals surface area contributed by atoms with Crippen LogP contribution < -0.4 is 4.90 Å². The van der Waals surface area contributed by atoms with Crippen LogP contribution in [0.25, 0.3) is 10.9 Å². The quantitative estimate of drug-likeness (QED) is 0.785. The van der Waals surface area contributed by atoms with Gasteiger partial charge in [-0.15, -0.1) is 4.91 Å². The van der Waals surface area contributed by atoms with E-state index in [4.69, 9.17) is 5.26 Å². The van der Waals surface area contributed by atoms with E-state index in [2.05, 4.69) is 21.2 Å². The summed E-state index contributed by atoms with van der Waals surface area (Å²) < 4.78 is 1.69. The van der Waals surface area contributed by atoms with E-state index < -0.39 is 0 Å². The van der Waals surface area contributed by atoms with Crippen LogP contribution in [0.1, 0.15) is 12.8 Å².